The third kappa shape index (κ3) is 3.53. The number of nitrogens with one attached hydrogen (secondary N) is 2. The van der Waals surface area contributed by atoms with Crippen molar-refractivity contribution in [2.75, 3.05) is 6.54 Å². The third-order valence-corrected chi connectivity index (χ3v) is 5.29. The average Bonchev–Trinajstić information content (AvgIpc) is 3.12. The highest BCUT2D eigenvalue weighted by atomic mass is 35.5. The van der Waals surface area contributed by atoms with Crippen LogP contribution in [-0.4, -0.2) is 32.0 Å². The van der Waals surface area contributed by atoms with E-state index < -0.39 is 6.04 Å². The molecule has 3 heterocycles. The number of pyridine rings is 1. The Hall–Kier alpha value is -3.06. The van der Waals surface area contributed by atoms with E-state index in [9.17, 15) is 9.59 Å². The lowest BCUT2D eigenvalue weighted by molar-refractivity contribution is 0.189. The molecule has 1 aliphatic heterocycles. The largest absolute Gasteiger partial charge is 0.336 e. The summed E-state index contributed by atoms with van der Waals surface area (Å²) >= 11 is 6.01. The number of aromatic nitrogens is 3. The molecule has 0 bridgehead atoms. The molecule has 144 valence electrons. The van der Waals surface area contributed by atoms with E-state index in [1.54, 1.807) is 29.4 Å². The zero-order chi connectivity index (χ0) is 19.7. The quantitative estimate of drug-likeness (QED) is 0.712. The van der Waals surface area contributed by atoms with Gasteiger partial charge in [0.25, 0.3) is 5.56 Å². The Bertz CT molecular complexity index is 1060. The van der Waals surface area contributed by atoms with Gasteiger partial charge < -0.3 is 19.8 Å². The van der Waals surface area contributed by atoms with E-state index in [4.69, 9.17) is 11.6 Å². The molecular formula is C20H20ClN5O2. The van der Waals surface area contributed by atoms with Gasteiger partial charge in [-0.2, -0.15) is 0 Å². The van der Waals surface area contributed by atoms with Gasteiger partial charge in [-0.3, -0.25) is 4.79 Å². The van der Waals surface area contributed by atoms with Gasteiger partial charge in [-0.25, -0.2) is 9.78 Å². The fourth-order valence-corrected chi connectivity index (χ4v) is 3.61. The maximum absolute atomic E-state index is 13.0. The standard InChI is InChI=1S/C20H20ClN5O2/c1-25-11-9-22-18(25)17(14-2-4-15(21)5-3-14)24-20(28)26-10-7-13-6-8-23-19(27)16(13)12-26/h2-6,8-9,11,17H,7,10,12H2,1H3,(H,23,27)(H,24,28)/t17-/m1/s1. The van der Waals surface area contributed by atoms with Crippen LogP contribution in [0.25, 0.3) is 0 Å². The number of hydrogen-bond acceptors (Lipinski definition) is 3. The predicted octanol–water partition coefficient (Wildman–Crippen LogP) is 2.62. The number of imidazole rings is 1. The van der Waals surface area contributed by atoms with Crippen molar-refractivity contribution in [3.05, 3.63) is 86.8 Å². The molecule has 2 N–H and O–H groups in total. The normalized spacial score (nSPS) is 14.4. The van der Waals surface area contributed by atoms with Crippen molar-refractivity contribution in [1.82, 2.24) is 24.8 Å². The molecular weight excluding hydrogens is 378 g/mol. The molecule has 2 aromatic heterocycles. The lowest BCUT2D eigenvalue weighted by atomic mass is 10.0. The molecule has 1 aromatic carbocycles. The first-order valence-corrected chi connectivity index (χ1v) is 9.38. The Morgan fingerprint density at radius 3 is 2.79 bits per heavy atom. The lowest BCUT2D eigenvalue weighted by Gasteiger charge is -2.30. The number of nitrogens with zero attached hydrogens (tertiary/aromatic N) is 3. The summed E-state index contributed by atoms with van der Waals surface area (Å²) in [7, 11) is 1.88. The van der Waals surface area contributed by atoms with Crippen LogP contribution in [0.15, 0.2) is 53.7 Å². The summed E-state index contributed by atoms with van der Waals surface area (Å²) < 4.78 is 1.87. The third-order valence-electron chi connectivity index (χ3n) is 5.04. The lowest BCUT2D eigenvalue weighted by Crippen LogP contribution is -2.46. The van der Waals surface area contributed by atoms with Gasteiger partial charge in [0.1, 0.15) is 11.9 Å². The maximum atomic E-state index is 13.0. The molecule has 0 aliphatic carbocycles. The molecule has 0 saturated carbocycles. The van der Waals surface area contributed by atoms with E-state index in [2.05, 4.69) is 15.3 Å². The van der Waals surface area contributed by atoms with E-state index in [-0.39, 0.29) is 18.1 Å². The van der Waals surface area contributed by atoms with Gasteiger partial charge in [0.05, 0.1) is 6.54 Å². The topological polar surface area (TPSA) is 83.0 Å². The summed E-state index contributed by atoms with van der Waals surface area (Å²) in [4.78, 5) is 33.9. The first-order chi connectivity index (χ1) is 13.5. The molecule has 7 nitrogen and oxygen atoms in total. The van der Waals surface area contributed by atoms with Crippen molar-refractivity contribution in [2.45, 2.75) is 19.0 Å². The van der Waals surface area contributed by atoms with Gasteiger partial charge in [0.15, 0.2) is 0 Å². The second-order valence-corrected chi connectivity index (χ2v) is 7.25. The predicted molar refractivity (Wildman–Crippen MR) is 106 cm³/mol. The Morgan fingerprint density at radius 2 is 2.07 bits per heavy atom. The number of rotatable bonds is 3. The minimum Gasteiger partial charge on any atom is -0.336 e. The summed E-state index contributed by atoms with van der Waals surface area (Å²) in [5.74, 6) is 0.714. The smallest absolute Gasteiger partial charge is 0.318 e. The average molecular weight is 398 g/mol. The highest BCUT2D eigenvalue weighted by molar-refractivity contribution is 6.30. The van der Waals surface area contributed by atoms with Crippen LogP contribution < -0.4 is 10.9 Å². The second kappa shape index (κ2) is 7.52. The second-order valence-electron chi connectivity index (χ2n) is 6.81. The van der Waals surface area contributed by atoms with E-state index >= 15 is 0 Å². The molecule has 1 atom stereocenters. The maximum Gasteiger partial charge on any atom is 0.318 e. The van der Waals surface area contributed by atoms with Crippen LogP contribution in [0.1, 0.15) is 28.6 Å². The molecule has 4 rings (SSSR count). The van der Waals surface area contributed by atoms with E-state index in [0.717, 1.165) is 11.1 Å². The van der Waals surface area contributed by atoms with Crippen LogP contribution in [0.3, 0.4) is 0 Å². The molecule has 0 saturated heterocycles. The fourth-order valence-electron chi connectivity index (χ4n) is 3.48. The van der Waals surface area contributed by atoms with Crippen LogP contribution in [0.4, 0.5) is 4.79 Å². The van der Waals surface area contributed by atoms with Gasteiger partial charge in [-0.1, -0.05) is 23.7 Å². The zero-order valence-electron chi connectivity index (χ0n) is 15.4. The monoisotopic (exact) mass is 397 g/mol. The number of carbonyl (C=O) groups is 1. The Kier molecular flexibility index (Phi) is 4.92. The summed E-state index contributed by atoms with van der Waals surface area (Å²) in [6.45, 7) is 0.835. The van der Waals surface area contributed by atoms with E-state index in [0.29, 0.717) is 29.4 Å². The summed E-state index contributed by atoms with van der Waals surface area (Å²) in [6.07, 6.45) is 5.83. The Labute approximate surface area is 167 Å². The SMILES string of the molecule is Cn1ccnc1[C@H](NC(=O)N1CCc2cc[nH]c(=O)c2C1)c1ccc(Cl)cc1. The minimum atomic E-state index is -0.430. The van der Waals surface area contributed by atoms with Crippen molar-refractivity contribution in [2.24, 2.45) is 7.05 Å². The highest BCUT2D eigenvalue weighted by Gasteiger charge is 2.27. The van der Waals surface area contributed by atoms with Crippen LogP contribution in [0, 0.1) is 0 Å². The number of benzene rings is 1. The van der Waals surface area contributed by atoms with Gasteiger partial charge in [0.2, 0.25) is 0 Å². The van der Waals surface area contributed by atoms with Crippen molar-refractivity contribution < 1.29 is 4.79 Å². The number of halogens is 1. The highest BCUT2D eigenvalue weighted by Crippen LogP contribution is 2.23. The number of aryl methyl sites for hydroxylation is 1. The first-order valence-electron chi connectivity index (χ1n) is 9.00. The van der Waals surface area contributed by atoms with Crippen molar-refractivity contribution in [3.63, 3.8) is 0 Å². The number of hydrogen-bond donors (Lipinski definition) is 2. The van der Waals surface area contributed by atoms with Gasteiger partial charge in [-0.05, 0) is 35.7 Å². The number of carbonyl (C=O) groups excluding carboxylic acids is 1. The molecule has 2 amide bonds. The van der Waals surface area contributed by atoms with Crippen LogP contribution >= 0.6 is 11.6 Å². The molecule has 3 aromatic rings. The Balaban J connectivity index is 1.60. The number of fused-ring (bicyclic) bond motifs is 1. The number of aromatic amines is 1. The van der Waals surface area contributed by atoms with Crippen LogP contribution in [0.5, 0.6) is 0 Å². The Morgan fingerprint density at radius 1 is 1.29 bits per heavy atom. The van der Waals surface area contributed by atoms with Crippen LogP contribution in [-0.2, 0) is 20.0 Å². The number of urea groups is 1. The summed E-state index contributed by atoms with van der Waals surface area (Å²) in [5, 5.41) is 3.69. The van der Waals surface area contributed by atoms with Gasteiger partial charge >= 0.3 is 6.03 Å². The molecule has 0 spiro atoms. The molecule has 0 unspecified atom stereocenters. The zero-order valence-corrected chi connectivity index (χ0v) is 16.1. The minimum absolute atomic E-state index is 0.145. The van der Waals surface area contributed by atoms with Gasteiger partial charge in [-0.15, -0.1) is 0 Å². The van der Waals surface area contributed by atoms with Crippen molar-refractivity contribution >= 4 is 17.6 Å². The van der Waals surface area contributed by atoms with E-state index in [1.165, 1.54) is 0 Å². The van der Waals surface area contributed by atoms with E-state index in [1.807, 2.05) is 36.0 Å². The molecule has 8 heteroatoms. The molecule has 1 aliphatic rings. The fraction of sp³-hybridized carbons (Fsp3) is 0.250. The van der Waals surface area contributed by atoms with Crippen LogP contribution in [0.2, 0.25) is 5.02 Å². The molecule has 0 fully saturated rings. The molecule has 28 heavy (non-hydrogen) atoms. The number of amides is 2. The molecule has 0 radical (unpaired) electrons. The summed E-state index contributed by atoms with van der Waals surface area (Å²) in [5.41, 5.74) is 2.37. The number of H-pyrrole nitrogens is 1. The van der Waals surface area contributed by atoms with Gasteiger partial charge in [0, 0.05) is 42.8 Å². The first kappa shape index (κ1) is 18.3. The van der Waals surface area contributed by atoms with Crippen molar-refractivity contribution in [1.29, 1.82) is 0 Å². The summed E-state index contributed by atoms with van der Waals surface area (Å²) in [6, 6.07) is 8.55. The van der Waals surface area contributed by atoms with Crippen molar-refractivity contribution in [3.8, 4) is 0 Å².